The number of benzene rings is 1. The summed E-state index contributed by atoms with van der Waals surface area (Å²) in [4.78, 5) is 0. The van der Waals surface area contributed by atoms with E-state index in [9.17, 15) is 5.11 Å². The Bertz CT molecular complexity index is 387. The summed E-state index contributed by atoms with van der Waals surface area (Å²) in [6, 6.07) is 7.59. The maximum absolute atomic E-state index is 10.0. The van der Waals surface area contributed by atoms with E-state index in [1.807, 2.05) is 24.3 Å². The highest BCUT2D eigenvalue weighted by atomic mass is 35.5. The second kappa shape index (κ2) is 5.37. The Hall–Kier alpha value is -0.990. The summed E-state index contributed by atoms with van der Waals surface area (Å²) in [7, 11) is 0. The molecular weight excluding hydrogens is 224 g/mol. The molecule has 1 unspecified atom stereocenters. The van der Waals surface area contributed by atoms with Crippen LogP contribution < -0.4 is 0 Å². The Morgan fingerprint density at radius 1 is 1.44 bits per heavy atom. The Morgan fingerprint density at radius 2 is 2.31 bits per heavy atom. The number of ether oxygens (including phenoxy) is 1. The lowest BCUT2D eigenvalue weighted by molar-refractivity contribution is 0.169. The molecule has 0 saturated heterocycles. The Kier molecular flexibility index (Phi) is 3.86. The van der Waals surface area contributed by atoms with Crippen molar-refractivity contribution in [2.24, 2.45) is 0 Å². The van der Waals surface area contributed by atoms with E-state index in [2.05, 4.69) is 0 Å². The number of rotatable bonds is 3. The summed E-state index contributed by atoms with van der Waals surface area (Å²) in [5.74, 6) is 0. The predicted molar refractivity (Wildman–Crippen MR) is 64.4 cm³/mol. The molecule has 1 N–H and O–H groups in total. The number of aliphatic hydroxyl groups is 1. The van der Waals surface area contributed by atoms with Gasteiger partial charge in [0.25, 0.3) is 0 Å². The third-order valence-electron chi connectivity index (χ3n) is 2.71. The Morgan fingerprint density at radius 3 is 3.00 bits per heavy atom. The maximum Gasteiger partial charge on any atom is 0.0876 e. The number of aliphatic hydroxyl groups excluding tert-OH is 1. The average molecular weight is 239 g/mol. The molecule has 86 valence electrons. The van der Waals surface area contributed by atoms with Gasteiger partial charge in [-0.15, -0.1) is 0 Å². The predicted octanol–water partition coefficient (Wildman–Crippen LogP) is 2.94. The van der Waals surface area contributed by atoms with Crippen LogP contribution in [0.15, 0.2) is 36.1 Å². The number of hydrogen-bond acceptors (Lipinski definition) is 2. The average Bonchev–Trinajstić information content (AvgIpc) is 2.30. The number of hydrogen-bond donors (Lipinski definition) is 1. The van der Waals surface area contributed by atoms with E-state index < -0.39 is 6.10 Å². The lowest BCUT2D eigenvalue weighted by Crippen LogP contribution is -2.17. The van der Waals surface area contributed by atoms with Gasteiger partial charge in [-0.1, -0.05) is 23.7 Å². The lowest BCUT2D eigenvalue weighted by atomic mass is 9.98. The van der Waals surface area contributed by atoms with Gasteiger partial charge in [-0.25, -0.2) is 0 Å². The van der Waals surface area contributed by atoms with Crippen molar-refractivity contribution in [3.63, 3.8) is 0 Å². The first-order chi connectivity index (χ1) is 7.75. The fraction of sp³-hybridized carbons (Fsp3) is 0.385. The van der Waals surface area contributed by atoms with E-state index in [-0.39, 0.29) is 0 Å². The van der Waals surface area contributed by atoms with Crippen LogP contribution in [0.25, 0.3) is 0 Å². The van der Waals surface area contributed by atoms with E-state index in [0.29, 0.717) is 11.4 Å². The zero-order chi connectivity index (χ0) is 11.4. The van der Waals surface area contributed by atoms with Crippen molar-refractivity contribution in [3.8, 4) is 0 Å². The summed E-state index contributed by atoms with van der Waals surface area (Å²) in [6.45, 7) is 0.757. The monoisotopic (exact) mass is 238 g/mol. The third-order valence-corrected chi connectivity index (χ3v) is 2.94. The van der Waals surface area contributed by atoms with E-state index in [1.165, 1.54) is 0 Å². The van der Waals surface area contributed by atoms with Crippen molar-refractivity contribution in [3.05, 3.63) is 46.7 Å². The summed E-state index contributed by atoms with van der Waals surface area (Å²) in [6.07, 6.45) is 3.73. The zero-order valence-electron chi connectivity index (χ0n) is 9.03. The zero-order valence-corrected chi connectivity index (χ0v) is 9.78. The molecule has 1 aliphatic rings. The van der Waals surface area contributed by atoms with Gasteiger partial charge in [0.2, 0.25) is 0 Å². The molecule has 0 fully saturated rings. The van der Waals surface area contributed by atoms with Crippen LogP contribution >= 0.6 is 11.6 Å². The van der Waals surface area contributed by atoms with Crippen LogP contribution in [-0.2, 0) is 11.2 Å². The molecular formula is C13H15ClO2. The Labute approximate surface area is 101 Å². The third kappa shape index (κ3) is 3.00. The van der Waals surface area contributed by atoms with Crippen molar-refractivity contribution < 1.29 is 9.84 Å². The van der Waals surface area contributed by atoms with Crippen molar-refractivity contribution in [2.75, 3.05) is 6.61 Å². The maximum atomic E-state index is 10.0. The van der Waals surface area contributed by atoms with E-state index in [0.717, 1.165) is 30.6 Å². The fourth-order valence-electron chi connectivity index (χ4n) is 1.85. The summed E-state index contributed by atoms with van der Waals surface area (Å²) < 4.78 is 5.22. The minimum Gasteiger partial charge on any atom is -0.501 e. The molecule has 0 saturated carbocycles. The van der Waals surface area contributed by atoms with Gasteiger partial charge in [0.1, 0.15) is 0 Å². The van der Waals surface area contributed by atoms with Crippen LogP contribution in [0.3, 0.4) is 0 Å². The Balaban J connectivity index is 2.01. The smallest absolute Gasteiger partial charge is 0.0876 e. The molecule has 1 aliphatic heterocycles. The van der Waals surface area contributed by atoms with Gasteiger partial charge >= 0.3 is 0 Å². The molecule has 16 heavy (non-hydrogen) atoms. The molecule has 1 atom stereocenters. The molecule has 1 aromatic carbocycles. The minimum atomic E-state index is -0.459. The minimum absolute atomic E-state index is 0.459. The van der Waals surface area contributed by atoms with Crippen LogP contribution in [0, 0.1) is 0 Å². The van der Waals surface area contributed by atoms with Crippen molar-refractivity contribution in [1.82, 2.24) is 0 Å². The molecule has 0 radical (unpaired) electrons. The molecule has 3 heteroatoms. The van der Waals surface area contributed by atoms with Crippen LogP contribution in [0.5, 0.6) is 0 Å². The van der Waals surface area contributed by atoms with Gasteiger partial charge in [0.15, 0.2) is 0 Å². The second-order valence-corrected chi connectivity index (χ2v) is 4.45. The topological polar surface area (TPSA) is 29.5 Å². The van der Waals surface area contributed by atoms with Crippen molar-refractivity contribution in [2.45, 2.75) is 25.4 Å². The van der Waals surface area contributed by atoms with Gasteiger partial charge in [-0.2, -0.15) is 0 Å². The standard InChI is InChI=1S/C13H15ClO2/c14-12-5-1-3-10(7-12)8-13(15)11-4-2-6-16-9-11/h1,3,5,7,9,13,15H,2,4,6,8H2. The van der Waals surface area contributed by atoms with Crippen LogP contribution in [0.2, 0.25) is 5.02 Å². The molecule has 1 aromatic rings. The van der Waals surface area contributed by atoms with Gasteiger partial charge in [0, 0.05) is 11.4 Å². The van der Waals surface area contributed by atoms with Crippen molar-refractivity contribution in [1.29, 1.82) is 0 Å². The van der Waals surface area contributed by atoms with Gasteiger partial charge in [0.05, 0.1) is 19.0 Å². The van der Waals surface area contributed by atoms with E-state index >= 15 is 0 Å². The van der Waals surface area contributed by atoms with Crippen LogP contribution in [0.4, 0.5) is 0 Å². The first-order valence-corrected chi connectivity index (χ1v) is 5.86. The fourth-order valence-corrected chi connectivity index (χ4v) is 2.06. The van der Waals surface area contributed by atoms with E-state index in [1.54, 1.807) is 6.26 Å². The first-order valence-electron chi connectivity index (χ1n) is 5.49. The van der Waals surface area contributed by atoms with Crippen LogP contribution in [0.1, 0.15) is 18.4 Å². The summed E-state index contributed by atoms with van der Waals surface area (Å²) in [5.41, 5.74) is 2.03. The molecule has 0 amide bonds. The van der Waals surface area contributed by atoms with Gasteiger partial charge < -0.3 is 9.84 Å². The molecule has 2 rings (SSSR count). The first kappa shape index (κ1) is 11.5. The molecule has 1 heterocycles. The molecule has 2 nitrogen and oxygen atoms in total. The van der Waals surface area contributed by atoms with E-state index in [4.69, 9.17) is 16.3 Å². The SMILES string of the molecule is OC(Cc1cccc(Cl)c1)C1=COCCC1. The molecule has 0 aliphatic carbocycles. The molecule has 0 aromatic heterocycles. The lowest BCUT2D eigenvalue weighted by Gasteiger charge is -2.18. The second-order valence-electron chi connectivity index (χ2n) is 4.02. The van der Waals surface area contributed by atoms with Crippen molar-refractivity contribution >= 4 is 11.6 Å². The normalized spacial score (nSPS) is 17.5. The summed E-state index contributed by atoms with van der Waals surface area (Å²) in [5, 5.41) is 10.7. The molecule has 0 bridgehead atoms. The highest BCUT2D eigenvalue weighted by molar-refractivity contribution is 6.30. The van der Waals surface area contributed by atoms with Gasteiger partial charge in [-0.05, 0) is 36.1 Å². The summed E-state index contributed by atoms with van der Waals surface area (Å²) >= 11 is 5.89. The van der Waals surface area contributed by atoms with Gasteiger partial charge in [-0.3, -0.25) is 0 Å². The number of halogens is 1. The largest absolute Gasteiger partial charge is 0.501 e. The van der Waals surface area contributed by atoms with Crippen LogP contribution in [-0.4, -0.2) is 17.8 Å². The highest BCUT2D eigenvalue weighted by Crippen LogP contribution is 2.20. The quantitative estimate of drug-likeness (QED) is 0.878. The highest BCUT2D eigenvalue weighted by Gasteiger charge is 2.14. The molecule has 0 spiro atoms.